The molecule has 3 unspecified atom stereocenters. The fraction of sp³-hybridized carbons (Fsp3) is 0.556. The Labute approximate surface area is 146 Å². The lowest BCUT2D eigenvalue weighted by atomic mass is 9.87. The van der Waals surface area contributed by atoms with Gasteiger partial charge in [-0.1, -0.05) is 18.6 Å². The molecule has 0 radical (unpaired) electrons. The quantitative estimate of drug-likeness (QED) is 0.750. The monoisotopic (exact) mass is 347 g/mol. The number of H-pyrrole nitrogens is 1. The van der Waals surface area contributed by atoms with Crippen LogP contribution < -0.4 is 5.32 Å². The summed E-state index contributed by atoms with van der Waals surface area (Å²) in [6.07, 6.45) is 3.67. The minimum atomic E-state index is -0.192. The van der Waals surface area contributed by atoms with Crippen LogP contribution in [0.3, 0.4) is 0 Å². The van der Waals surface area contributed by atoms with Gasteiger partial charge in [0.05, 0.1) is 28.1 Å². The molecule has 3 atom stereocenters. The predicted molar refractivity (Wildman–Crippen MR) is 97.9 cm³/mol. The van der Waals surface area contributed by atoms with E-state index in [1.54, 1.807) is 11.8 Å². The molecule has 0 spiro atoms. The van der Waals surface area contributed by atoms with Crippen LogP contribution in [0.4, 0.5) is 0 Å². The van der Waals surface area contributed by atoms with Crippen LogP contribution in [0.2, 0.25) is 0 Å². The molecule has 0 saturated heterocycles. The zero-order valence-corrected chi connectivity index (χ0v) is 14.8. The molecular formula is C18H25N3O2S. The van der Waals surface area contributed by atoms with Crippen molar-refractivity contribution in [2.24, 2.45) is 5.92 Å². The molecule has 6 heteroatoms. The number of hydrogen-bond donors (Lipinski definition) is 3. The Balaban J connectivity index is 1.43. The van der Waals surface area contributed by atoms with Gasteiger partial charge in [-0.3, -0.25) is 4.79 Å². The van der Waals surface area contributed by atoms with Crippen LogP contribution in [-0.2, 0) is 4.79 Å². The number of benzene rings is 1. The zero-order chi connectivity index (χ0) is 16.9. The van der Waals surface area contributed by atoms with Crippen LogP contribution in [-0.4, -0.2) is 39.4 Å². The normalized spacial score (nSPS) is 22.4. The Bertz CT molecular complexity index is 655. The second-order valence-electron chi connectivity index (χ2n) is 6.58. The maximum Gasteiger partial charge on any atom is 0.230 e. The summed E-state index contributed by atoms with van der Waals surface area (Å²) < 4.78 is 0. The Morgan fingerprint density at radius 1 is 1.46 bits per heavy atom. The van der Waals surface area contributed by atoms with Gasteiger partial charge < -0.3 is 15.4 Å². The molecule has 1 fully saturated rings. The van der Waals surface area contributed by atoms with Crippen molar-refractivity contribution in [3.05, 3.63) is 30.1 Å². The Morgan fingerprint density at radius 3 is 3.08 bits per heavy atom. The molecule has 3 N–H and O–H groups in total. The summed E-state index contributed by atoms with van der Waals surface area (Å²) in [5, 5.41) is 12.8. The Hall–Kier alpha value is -1.53. The fourth-order valence-electron chi connectivity index (χ4n) is 3.20. The number of hydrogen-bond acceptors (Lipinski definition) is 4. The third-order valence-corrected chi connectivity index (χ3v) is 5.75. The molecule has 3 rings (SSSR count). The summed E-state index contributed by atoms with van der Waals surface area (Å²) in [7, 11) is 0. The topological polar surface area (TPSA) is 78.0 Å². The van der Waals surface area contributed by atoms with E-state index in [1.165, 1.54) is 0 Å². The van der Waals surface area contributed by atoms with Crippen LogP contribution in [0, 0.1) is 5.92 Å². The maximum atomic E-state index is 12.1. The molecule has 1 aliphatic rings. The molecule has 0 aliphatic heterocycles. The first-order valence-corrected chi connectivity index (χ1v) is 9.67. The van der Waals surface area contributed by atoms with Gasteiger partial charge in [-0.05, 0) is 44.2 Å². The highest BCUT2D eigenvalue weighted by Gasteiger charge is 2.20. The van der Waals surface area contributed by atoms with E-state index in [1.807, 2.05) is 24.3 Å². The number of amides is 1. The number of fused-ring (bicyclic) bond motifs is 1. The largest absolute Gasteiger partial charge is 0.393 e. The lowest BCUT2D eigenvalue weighted by Crippen LogP contribution is -2.34. The van der Waals surface area contributed by atoms with E-state index in [4.69, 9.17) is 0 Å². The first kappa shape index (κ1) is 17.3. The number of aliphatic hydroxyl groups is 1. The SMILES string of the molecule is CC(SCC(=O)NCC1CCCC(O)C1)c1nc2ccccc2[nH]1. The molecule has 1 heterocycles. The van der Waals surface area contributed by atoms with Crippen molar-refractivity contribution in [2.75, 3.05) is 12.3 Å². The Kier molecular flexibility index (Phi) is 5.79. The van der Waals surface area contributed by atoms with Crippen molar-refractivity contribution in [1.29, 1.82) is 0 Å². The number of thioether (sulfide) groups is 1. The summed E-state index contributed by atoms with van der Waals surface area (Å²) in [5.74, 6) is 1.80. The number of nitrogens with zero attached hydrogens (tertiary/aromatic N) is 1. The van der Waals surface area contributed by atoms with Crippen molar-refractivity contribution in [1.82, 2.24) is 15.3 Å². The minimum absolute atomic E-state index is 0.0584. The average Bonchev–Trinajstić information content (AvgIpc) is 3.02. The zero-order valence-electron chi connectivity index (χ0n) is 14.0. The number of carbonyl (C=O) groups is 1. The summed E-state index contributed by atoms with van der Waals surface area (Å²) in [6.45, 7) is 2.74. The van der Waals surface area contributed by atoms with E-state index < -0.39 is 0 Å². The van der Waals surface area contributed by atoms with Gasteiger partial charge in [0.25, 0.3) is 0 Å². The third-order valence-electron chi connectivity index (χ3n) is 4.60. The summed E-state index contributed by atoms with van der Waals surface area (Å²) in [6, 6.07) is 7.95. The fourth-order valence-corrected chi connectivity index (χ4v) is 3.97. The molecule has 0 bridgehead atoms. The van der Waals surface area contributed by atoms with Gasteiger partial charge in [-0.15, -0.1) is 11.8 Å². The predicted octanol–water partition coefficient (Wildman–Crippen LogP) is 3.02. The van der Waals surface area contributed by atoms with Gasteiger partial charge in [-0.25, -0.2) is 4.98 Å². The van der Waals surface area contributed by atoms with Crippen LogP contribution in [0.5, 0.6) is 0 Å². The molecule has 1 amide bonds. The highest BCUT2D eigenvalue weighted by molar-refractivity contribution is 8.00. The van der Waals surface area contributed by atoms with Crippen molar-refractivity contribution >= 4 is 28.7 Å². The summed E-state index contributed by atoms with van der Waals surface area (Å²) in [5.41, 5.74) is 1.99. The highest BCUT2D eigenvalue weighted by Crippen LogP contribution is 2.27. The van der Waals surface area contributed by atoms with Gasteiger partial charge in [0.15, 0.2) is 0 Å². The van der Waals surface area contributed by atoms with E-state index in [0.717, 1.165) is 42.5 Å². The first-order valence-electron chi connectivity index (χ1n) is 8.63. The number of nitrogens with one attached hydrogen (secondary N) is 2. The number of aromatic amines is 1. The van der Waals surface area contributed by atoms with Crippen molar-refractivity contribution in [2.45, 2.75) is 44.0 Å². The van der Waals surface area contributed by atoms with Crippen molar-refractivity contribution in [3.8, 4) is 0 Å². The van der Waals surface area contributed by atoms with Gasteiger partial charge in [-0.2, -0.15) is 0 Å². The number of aliphatic hydroxyl groups excluding tert-OH is 1. The van der Waals surface area contributed by atoms with Crippen molar-refractivity contribution < 1.29 is 9.90 Å². The van der Waals surface area contributed by atoms with Gasteiger partial charge in [0.1, 0.15) is 5.82 Å². The third kappa shape index (κ3) is 4.51. The highest BCUT2D eigenvalue weighted by atomic mass is 32.2. The van der Waals surface area contributed by atoms with E-state index in [2.05, 4.69) is 22.2 Å². The molecule has 1 saturated carbocycles. The van der Waals surface area contributed by atoms with Crippen molar-refractivity contribution in [3.63, 3.8) is 0 Å². The molecule has 130 valence electrons. The standard InChI is InChI=1S/C18H25N3O2S/c1-12(18-20-15-7-2-3-8-16(15)21-18)24-11-17(23)19-10-13-5-4-6-14(22)9-13/h2-3,7-8,12-14,22H,4-6,9-11H2,1H3,(H,19,23)(H,20,21). The minimum Gasteiger partial charge on any atom is -0.393 e. The number of imidazole rings is 1. The summed E-state index contributed by atoms with van der Waals surface area (Å²) in [4.78, 5) is 19.9. The lowest BCUT2D eigenvalue weighted by Gasteiger charge is -2.25. The molecule has 24 heavy (non-hydrogen) atoms. The van der Waals surface area contributed by atoms with E-state index in [-0.39, 0.29) is 17.3 Å². The van der Waals surface area contributed by atoms with Gasteiger partial charge in [0.2, 0.25) is 5.91 Å². The van der Waals surface area contributed by atoms with Crippen LogP contribution in [0.25, 0.3) is 11.0 Å². The molecule has 5 nitrogen and oxygen atoms in total. The Morgan fingerprint density at radius 2 is 2.29 bits per heavy atom. The number of rotatable bonds is 6. The second-order valence-corrected chi connectivity index (χ2v) is 7.91. The van der Waals surface area contributed by atoms with E-state index in [0.29, 0.717) is 18.2 Å². The van der Waals surface area contributed by atoms with E-state index >= 15 is 0 Å². The number of para-hydroxylation sites is 2. The van der Waals surface area contributed by atoms with Crippen LogP contribution >= 0.6 is 11.8 Å². The average molecular weight is 347 g/mol. The lowest BCUT2D eigenvalue weighted by molar-refractivity contribution is -0.118. The molecule has 2 aromatic rings. The van der Waals surface area contributed by atoms with E-state index in [9.17, 15) is 9.90 Å². The molecule has 1 aromatic heterocycles. The second kappa shape index (κ2) is 8.03. The number of carbonyl (C=O) groups excluding carboxylic acids is 1. The van der Waals surface area contributed by atoms with Gasteiger partial charge in [0, 0.05) is 6.54 Å². The molecular weight excluding hydrogens is 322 g/mol. The van der Waals surface area contributed by atoms with Gasteiger partial charge >= 0.3 is 0 Å². The van der Waals surface area contributed by atoms with Crippen LogP contribution in [0.15, 0.2) is 24.3 Å². The molecule has 1 aliphatic carbocycles. The van der Waals surface area contributed by atoms with Crippen LogP contribution in [0.1, 0.15) is 43.7 Å². The number of aromatic nitrogens is 2. The maximum absolute atomic E-state index is 12.1. The summed E-state index contributed by atoms with van der Waals surface area (Å²) >= 11 is 1.58. The first-order chi connectivity index (χ1) is 11.6. The smallest absolute Gasteiger partial charge is 0.230 e. The molecule has 1 aromatic carbocycles.